The second kappa shape index (κ2) is 7.45. The van der Waals surface area contributed by atoms with Crippen LogP contribution in [0.15, 0.2) is 42.6 Å². The molecular formula is C19H21N5O3. The van der Waals surface area contributed by atoms with E-state index in [-0.39, 0.29) is 11.6 Å². The van der Waals surface area contributed by atoms with Crippen LogP contribution < -0.4 is 5.32 Å². The molecule has 3 aromatic rings. The first-order valence-electron chi connectivity index (χ1n) is 8.53. The summed E-state index contributed by atoms with van der Waals surface area (Å²) in [5.74, 6) is -1.47. The Balaban J connectivity index is 1.73. The van der Waals surface area contributed by atoms with Gasteiger partial charge in [-0.25, -0.2) is 9.48 Å². The van der Waals surface area contributed by atoms with Gasteiger partial charge in [0.2, 0.25) is 5.91 Å². The molecule has 2 heterocycles. The van der Waals surface area contributed by atoms with Crippen molar-refractivity contribution >= 4 is 17.6 Å². The second-order valence-electron chi connectivity index (χ2n) is 6.42. The first-order chi connectivity index (χ1) is 12.8. The van der Waals surface area contributed by atoms with E-state index in [1.807, 2.05) is 42.8 Å². The predicted molar refractivity (Wildman–Crippen MR) is 99.8 cm³/mol. The summed E-state index contributed by atoms with van der Waals surface area (Å²) in [5.41, 5.74) is 3.62. The van der Waals surface area contributed by atoms with Crippen LogP contribution in [0.25, 0.3) is 0 Å². The Bertz CT molecular complexity index is 989. The standard InChI is InChI=1S/C19H21N5O3/c1-12-9-13(2)23(22-12)11-15-5-4-6-16(10-15)21-18(25)14(3)24-17(19(26)27)7-8-20-24/h4-10,14H,11H2,1-3H3,(H,21,25)(H,26,27). The molecule has 1 amide bonds. The van der Waals surface area contributed by atoms with E-state index in [9.17, 15) is 14.7 Å². The number of carboxylic acids is 1. The Morgan fingerprint density at radius 3 is 2.67 bits per heavy atom. The summed E-state index contributed by atoms with van der Waals surface area (Å²) in [6.07, 6.45) is 1.36. The van der Waals surface area contributed by atoms with Crippen molar-refractivity contribution in [2.75, 3.05) is 5.32 Å². The number of aromatic nitrogens is 4. The van der Waals surface area contributed by atoms with Crippen molar-refractivity contribution < 1.29 is 14.7 Å². The maximum absolute atomic E-state index is 12.5. The topological polar surface area (TPSA) is 102 Å². The molecule has 27 heavy (non-hydrogen) atoms. The number of carboxylic acid groups (broad SMARTS) is 1. The average molecular weight is 367 g/mol. The van der Waals surface area contributed by atoms with Crippen LogP contribution in [0.5, 0.6) is 0 Å². The molecule has 3 rings (SSSR count). The van der Waals surface area contributed by atoms with E-state index in [2.05, 4.69) is 15.5 Å². The molecule has 2 N–H and O–H groups in total. The van der Waals surface area contributed by atoms with E-state index < -0.39 is 12.0 Å². The molecule has 2 aromatic heterocycles. The zero-order valence-electron chi connectivity index (χ0n) is 15.4. The fraction of sp³-hybridized carbons (Fsp3) is 0.263. The second-order valence-corrected chi connectivity index (χ2v) is 6.42. The highest BCUT2D eigenvalue weighted by Crippen LogP contribution is 2.16. The molecule has 0 aliphatic heterocycles. The summed E-state index contributed by atoms with van der Waals surface area (Å²) in [7, 11) is 0. The third-order valence-electron chi connectivity index (χ3n) is 4.27. The van der Waals surface area contributed by atoms with Gasteiger partial charge in [0.05, 0.1) is 12.2 Å². The summed E-state index contributed by atoms with van der Waals surface area (Å²) in [5, 5.41) is 20.4. The maximum atomic E-state index is 12.5. The minimum Gasteiger partial charge on any atom is -0.477 e. The molecule has 1 aromatic carbocycles. The lowest BCUT2D eigenvalue weighted by Crippen LogP contribution is -2.26. The Morgan fingerprint density at radius 1 is 1.22 bits per heavy atom. The van der Waals surface area contributed by atoms with Gasteiger partial charge in [0.25, 0.3) is 0 Å². The third kappa shape index (κ3) is 4.05. The Morgan fingerprint density at radius 2 is 2.00 bits per heavy atom. The lowest BCUT2D eigenvalue weighted by molar-refractivity contribution is -0.119. The normalized spacial score (nSPS) is 12.0. The summed E-state index contributed by atoms with van der Waals surface area (Å²) >= 11 is 0. The van der Waals surface area contributed by atoms with Crippen molar-refractivity contribution in [2.45, 2.75) is 33.4 Å². The van der Waals surface area contributed by atoms with Crippen LogP contribution in [0.1, 0.15) is 40.4 Å². The van der Waals surface area contributed by atoms with E-state index >= 15 is 0 Å². The number of carbonyl (C=O) groups excluding carboxylic acids is 1. The number of hydrogen-bond acceptors (Lipinski definition) is 4. The first-order valence-corrected chi connectivity index (χ1v) is 8.53. The van der Waals surface area contributed by atoms with Crippen LogP contribution in [-0.4, -0.2) is 36.5 Å². The van der Waals surface area contributed by atoms with Crippen molar-refractivity contribution in [2.24, 2.45) is 0 Å². The van der Waals surface area contributed by atoms with Crippen LogP contribution in [0.2, 0.25) is 0 Å². The molecule has 140 valence electrons. The van der Waals surface area contributed by atoms with Crippen LogP contribution >= 0.6 is 0 Å². The van der Waals surface area contributed by atoms with Crippen molar-refractivity contribution in [3.8, 4) is 0 Å². The fourth-order valence-electron chi connectivity index (χ4n) is 2.91. The Kier molecular flexibility index (Phi) is 5.07. The number of nitrogens with one attached hydrogen (secondary N) is 1. The summed E-state index contributed by atoms with van der Waals surface area (Å²) in [6, 6.07) is 10.1. The molecule has 1 unspecified atom stereocenters. The van der Waals surface area contributed by atoms with Gasteiger partial charge in [0.1, 0.15) is 11.7 Å². The van der Waals surface area contributed by atoms with Gasteiger partial charge >= 0.3 is 5.97 Å². The molecule has 0 aliphatic carbocycles. The Labute approximate surface area is 156 Å². The Hall–Kier alpha value is -3.42. The van der Waals surface area contributed by atoms with E-state index in [4.69, 9.17) is 0 Å². The SMILES string of the molecule is Cc1cc(C)n(Cc2cccc(NC(=O)C(C)n3nccc3C(=O)O)c2)n1. The zero-order chi connectivity index (χ0) is 19.6. The van der Waals surface area contributed by atoms with Crippen LogP contribution in [0.4, 0.5) is 5.69 Å². The van der Waals surface area contributed by atoms with E-state index in [0.717, 1.165) is 17.0 Å². The van der Waals surface area contributed by atoms with Crippen molar-refractivity contribution in [3.63, 3.8) is 0 Å². The number of hydrogen-bond donors (Lipinski definition) is 2. The van der Waals surface area contributed by atoms with Crippen molar-refractivity contribution in [1.82, 2.24) is 19.6 Å². The molecule has 0 fully saturated rings. The fourth-order valence-corrected chi connectivity index (χ4v) is 2.91. The molecule has 0 spiro atoms. The van der Waals surface area contributed by atoms with E-state index in [0.29, 0.717) is 12.2 Å². The third-order valence-corrected chi connectivity index (χ3v) is 4.27. The highest BCUT2D eigenvalue weighted by molar-refractivity contribution is 5.94. The van der Waals surface area contributed by atoms with Gasteiger partial charge in [-0.15, -0.1) is 0 Å². The van der Waals surface area contributed by atoms with Crippen molar-refractivity contribution in [3.05, 3.63) is 65.2 Å². The molecule has 1 atom stereocenters. The number of nitrogens with zero attached hydrogens (tertiary/aromatic N) is 4. The average Bonchev–Trinajstić information content (AvgIpc) is 3.21. The minimum atomic E-state index is -1.13. The van der Waals surface area contributed by atoms with Gasteiger partial charge in [-0.05, 0) is 50.6 Å². The monoisotopic (exact) mass is 367 g/mol. The molecular weight excluding hydrogens is 346 g/mol. The molecule has 0 saturated carbocycles. The number of amides is 1. The number of carbonyl (C=O) groups is 2. The lowest BCUT2D eigenvalue weighted by Gasteiger charge is -2.15. The van der Waals surface area contributed by atoms with Gasteiger partial charge in [0.15, 0.2) is 0 Å². The smallest absolute Gasteiger partial charge is 0.354 e. The molecule has 0 saturated heterocycles. The van der Waals surface area contributed by atoms with Gasteiger partial charge in [-0.3, -0.25) is 9.48 Å². The molecule has 0 radical (unpaired) electrons. The largest absolute Gasteiger partial charge is 0.477 e. The minimum absolute atomic E-state index is 0.0315. The summed E-state index contributed by atoms with van der Waals surface area (Å²) in [4.78, 5) is 23.7. The predicted octanol–water partition coefficient (Wildman–Crippen LogP) is 2.64. The van der Waals surface area contributed by atoms with E-state index in [1.54, 1.807) is 13.0 Å². The zero-order valence-corrected chi connectivity index (χ0v) is 15.4. The van der Waals surface area contributed by atoms with Gasteiger partial charge < -0.3 is 10.4 Å². The number of aryl methyl sites for hydroxylation is 2. The molecule has 0 bridgehead atoms. The van der Waals surface area contributed by atoms with Crippen LogP contribution in [-0.2, 0) is 11.3 Å². The lowest BCUT2D eigenvalue weighted by atomic mass is 10.2. The van der Waals surface area contributed by atoms with Gasteiger partial charge in [-0.2, -0.15) is 10.2 Å². The maximum Gasteiger partial charge on any atom is 0.354 e. The quantitative estimate of drug-likeness (QED) is 0.697. The molecule has 8 heteroatoms. The van der Waals surface area contributed by atoms with Gasteiger partial charge in [0, 0.05) is 17.6 Å². The van der Waals surface area contributed by atoms with Crippen molar-refractivity contribution in [1.29, 1.82) is 0 Å². The van der Waals surface area contributed by atoms with E-state index in [1.165, 1.54) is 16.9 Å². The first kappa shape index (κ1) is 18.4. The summed E-state index contributed by atoms with van der Waals surface area (Å²) in [6.45, 7) is 6.15. The molecule has 8 nitrogen and oxygen atoms in total. The number of benzene rings is 1. The van der Waals surface area contributed by atoms with Crippen LogP contribution in [0, 0.1) is 13.8 Å². The van der Waals surface area contributed by atoms with Crippen LogP contribution in [0.3, 0.4) is 0 Å². The van der Waals surface area contributed by atoms with Gasteiger partial charge in [-0.1, -0.05) is 12.1 Å². The number of rotatable bonds is 6. The highest BCUT2D eigenvalue weighted by atomic mass is 16.4. The number of aromatic carboxylic acids is 1. The molecule has 0 aliphatic rings. The number of anilines is 1. The highest BCUT2D eigenvalue weighted by Gasteiger charge is 2.21. The summed E-state index contributed by atoms with van der Waals surface area (Å²) < 4.78 is 3.10.